The average molecular weight is 500 g/mol. The van der Waals surface area contributed by atoms with Crippen molar-refractivity contribution in [3.8, 4) is 11.4 Å². The number of benzene rings is 2. The molecule has 2 heterocycles. The summed E-state index contributed by atoms with van der Waals surface area (Å²) in [5.74, 6) is -3.16. The number of halogens is 5. The number of nitrogens with zero attached hydrogens (tertiary/aromatic N) is 3. The summed E-state index contributed by atoms with van der Waals surface area (Å²) in [4.78, 5) is 12.3. The highest BCUT2D eigenvalue weighted by atomic mass is 35.5. The molecule has 0 fully saturated rings. The predicted molar refractivity (Wildman–Crippen MR) is 111 cm³/mol. The molecule has 2 aromatic carbocycles. The number of rotatable bonds is 5. The van der Waals surface area contributed by atoms with Crippen molar-refractivity contribution >= 4 is 17.6 Å². The van der Waals surface area contributed by atoms with Crippen LogP contribution in [0.15, 0.2) is 36.4 Å². The molecule has 0 N–H and O–H groups in total. The third-order valence-corrected chi connectivity index (χ3v) is 5.42. The Morgan fingerprint density at radius 3 is 2.65 bits per heavy atom. The third kappa shape index (κ3) is 4.32. The molecule has 4 rings (SSSR count). The number of ether oxygens (including phenoxy) is 3. The van der Waals surface area contributed by atoms with Gasteiger partial charge in [0.15, 0.2) is 17.4 Å². The maximum absolute atomic E-state index is 14.5. The van der Waals surface area contributed by atoms with Crippen molar-refractivity contribution in [2.24, 2.45) is 0 Å². The van der Waals surface area contributed by atoms with Crippen LogP contribution in [0.4, 0.5) is 17.6 Å². The van der Waals surface area contributed by atoms with E-state index in [1.807, 2.05) is 0 Å². The minimum Gasteiger partial charge on any atom is -0.493 e. The molecule has 3 aromatic rings. The minimum atomic E-state index is -4.87. The number of aromatic nitrogens is 3. The molecule has 0 bridgehead atoms. The second-order valence-electron chi connectivity index (χ2n) is 7.29. The first-order valence-electron chi connectivity index (χ1n) is 10.1. The number of carbonyl (C=O) groups excluding carboxylic acids is 1. The molecule has 1 aliphatic rings. The van der Waals surface area contributed by atoms with Gasteiger partial charge in [0.2, 0.25) is 5.82 Å². The number of hydrogen-bond acceptors (Lipinski definition) is 6. The van der Waals surface area contributed by atoms with Crippen molar-refractivity contribution < 1.29 is 36.6 Å². The molecule has 180 valence electrons. The maximum atomic E-state index is 14.5. The third-order valence-electron chi connectivity index (χ3n) is 5.18. The Kier molecular flexibility index (Phi) is 6.50. The summed E-state index contributed by atoms with van der Waals surface area (Å²) in [6.45, 7) is 1.65. The first-order chi connectivity index (χ1) is 16.2. The number of esters is 1. The smallest absolute Gasteiger partial charge is 0.452 e. The van der Waals surface area contributed by atoms with Crippen molar-refractivity contribution in [1.82, 2.24) is 14.8 Å². The molecule has 7 nitrogen and oxygen atoms in total. The van der Waals surface area contributed by atoms with Crippen molar-refractivity contribution in [3.63, 3.8) is 0 Å². The second kappa shape index (κ2) is 9.22. The molecule has 1 aromatic heterocycles. The van der Waals surface area contributed by atoms with Crippen LogP contribution in [0.3, 0.4) is 0 Å². The summed E-state index contributed by atoms with van der Waals surface area (Å²) < 4.78 is 73.2. The van der Waals surface area contributed by atoms with Gasteiger partial charge in [0.25, 0.3) is 0 Å². The van der Waals surface area contributed by atoms with E-state index in [9.17, 15) is 22.4 Å². The fourth-order valence-corrected chi connectivity index (χ4v) is 4.04. The SMILES string of the molecule is CCOC(=O)C[C@@H]1O[C@@H](c2cccc(F)c2OC)c2cc(Cl)ccc2-n2c1nnc2C(F)(F)F. The number of para-hydroxylation sites is 1. The van der Waals surface area contributed by atoms with Crippen LogP contribution < -0.4 is 4.74 Å². The van der Waals surface area contributed by atoms with Crippen molar-refractivity contribution in [2.45, 2.75) is 31.7 Å². The Balaban J connectivity index is 2.00. The van der Waals surface area contributed by atoms with Crippen LogP contribution in [-0.4, -0.2) is 34.5 Å². The molecular weight excluding hydrogens is 482 g/mol. The molecule has 0 unspecified atom stereocenters. The van der Waals surface area contributed by atoms with Crippen LogP contribution in [0, 0.1) is 5.82 Å². The van der Waals surface area contributed by atoms with Crippen LogP contribution in [0.25, 0.3) is 5.69 Å². The number of fused-ring (bicyclic) bond motifs is 3. The summed E-state index contributed by atoms with van der Waals surface area (Å²) >= 11 is 6.18. The Morgan fingerprint density at radius 2 is 1.97 bits per heavy atom. The lowest BCUT2D eigenvalue weighted by atomic mass is 9.98. The molecule has 0 saturated heterocycles. The molecule has 0 radical (unpaired) electrons. The van der Waals surface area contributed by atoms with Gasteiger partial charge in [-0.1, -0.05) is 23.7 Å². The Labute approximate surface area is 196 Å². The highest BCUT2D eigenvalue weighted by Gasteiger charge is 2.44. The molecular formula is C22H18ClF4N3O4. The van der Waals surface area contributed by atoms with Gasteiger partial charge in [-0.3, -0.25) is 9.36 Å². The normalized spacial score (nSPS) is 17.5. The number of methoxy groups -OCH3 is 1. The van der Waals surface area contributed by atoms with Crippen molar-refractivity contribution in [1.29, 1.82) is 0 Å². The molecule has 34 heavy (non-hydrogen) atoms. The van der Waals surface area contributed by atoms with Crippen LogP contribution in [0.5, 0.6) is 5.75 Å². The van der Waals surface area contributed by atoms with Gasteiger partial charge in [-0.15, -0.1) is 10.2 Å². The van der Waals surface area contributed by atoms with Crippen LogP contribution in [0.2, 0.25) is 5.02 Å². The predicted octanol–water partition coefficient (Wildman–Crippen LogP) is 5.20. The lowest BCUT2D eigenvalue weighted by molar-refractivity contribution is -0.147. The molecule has 0 aliphatic carbocycles. The van der Waals surface area contributed by atoms with E-state index >= 15 is 0 Å². The van der Waals surface area contributed by atoms with E-state index in [1.54, 1.807) is 6.92 Å². The van der Waals surface area contributed by atoms with Crippen molar-refractivity contribution in [2.75, 3.05) is 13.7 Å². The van der Waals surface area contributed by atoms with Crippen LogP contribution >= 0.6 is 11.6 Å². The summed E-state index contributed by atoms with van der Waals surface area (Å²) in [6.07, 6.45) is -7.81. The van der Waals surface area contributed by atoms with Gasteiger partial charge in [-0.05, 0) is 31.2 Å². The molecule has 1 aliphatic heterocycles. The molecule has 2 atom stereocenters. The van der Waals surface area contributed by atoms with Gasteiger partial charge in [-0.2, -0.15) is 13.2 Å². The van der Waals surface area contributed by atoms with E-state index in [-0.39, 0.29) is 40.0 Å². The van der Waals surface area contributed by atoms with E-state index < -0.39 is 42.4 Å². The lowest BCUT2D eigenvalue weighted by Crippen LogP contribution is -2.18. The zero-order valence-corrected chi connectivity index (χ0v) is 18.7. The standard InChI is InChI=1S/C22H18ClF4N3O4/c1-3-33-17(31)10-16-20-28-29-21(22(25,26)27)30(20)15-8-7-11(23)9-13(15)18(34-16)12-5-4-6-14(24)19(12)32-2/h4-9,16,18H,3,10H2,1-2H3/t16-,18-/m0/s1. The quantitative estimate of drug-likeness (QED) is 0.355. The van der Waals surface area contributed by atoms with E-state index in [4.69, 9.17) is 25.8 Å². The highest BCUT2D eigenvalue weighted by Crippen LogP contribution is 2.46. The van der Waals surface area contributed by atoms with E-state index in [0.29, 0.717) is 0 Å². The van der Waals surface area contributed by atoms with Crippen molar-refractivity contribution in [3.05, 3.63) is 70.0 Å². The summed E-state index contributed by atoms with van der Waals surface area (Å²) in [5.41, 5.74) is 0.376. The average Bonchev–Trinajstić information content (AvgIpc) is 3.17. The first kappa shape index (κ1) is 24.0. The van der Waals surface area contributed by atoms with E-state index in [1.165, 1.54) is 43.5 Å². The second-order valence-corrected chi connectivity index (χ2v) is 7.73. The first-order valence-corrected chi connectivity index (χ1v) is 10.5. The zero-order chi connectivity index (χ0) is 24.6. The molecule has 0 spiro atoms. The number of carbonyl (C=O) groups is 1. The summed E-state index contributed by atoms with van der Waals surface area (Å²) in [7, 11) is 1.25. The van der Waals surface area contributed by atoms with Gasteiger partial charge < -0.3 is 14.2 Å². The Hall–Kier alpha value is -3.18. The Morgan fingerprint density at radius 1 is 1.21 bits per heavy atom. The van der Waals surface area contributed by atoms with Crippen LogP contribution in [-0.2, 0) is 20.4 Å². The minimum absolute atomic E-state index is 0.0133. The largest absolute Gasteiger partial charge is 0.493 e. The zero-order valence-electron chi connectivity index (χ0n) is 17.9. The fourth-order valence-electron chi connectivity index (χ4n) is 3.86. The summed E-state index contributed by atoms with van der Waals surface area (Å²) in [6, 6.07) is 8.25. The number of hydrogen-bond donors (Lipinski definition) is 0. The van der Waals surface area contributed by atoms with Gasteiger partial charge >= 0.3 is 12.1 Å². The molecule has 12 heteroatoms. The monoisotopic (exact) mass is 499 g/mol. The fraction of sp³-hybridized carbons (Fsp3) is 0.318. The van der Waals surface area contributed by atoms with Gasteiger partial charge in [-0.25, -0.2) is 4.39 Å². The number of alkyl halides is 3. The molecule has 0 amide bonds. The van der Waals surface area contributed by atoms with E-state index in [0.717, 1.165) is 4.57 Å². The maximum Gasteiger partial charge on any atom is 0.452 e. The molecule has 0 saturated carbocycles. The van der Waals surface area contributed by atoms with E-state index in [2.05, 4.69) is 10.2 Å². The topological polar surface area (TPSA) is 75.5 Å². The highest BCUT2D eigenvalue weighted by molar-refractivity contribution is 6.30. The lowest BCUT2D eigenvalue weighted by Gasteiger charge is -2.24. The van der Waals surface area contributed by atoms with Gasteiger partial charge in [0.1, 0.15) is 12.2 Å². The van der Waals surface area contributed by atoms with Crippen LogP contribution in [0.1, 0.15) is 48.3 Å². The Bertz CT molecular complexity index is 1230. The van der Waals surface area contributed by atoms with Gasteiger partial charge in [0.05, 0.1) is 25.8 Å². The summed E-state index contributed by atoms with van der Waals surface area (Å²) in [5, 5.41) is 7.23. The van der Waals surface area contributed by atoms with Gasteiger partial charge in [0, 0.05) is 16.1 Å².